The van der Waals surface area contributed by atoms with Crippen molar-refractivity contribution in [3.8, 4) is 11.3 Å². The summed E-state index contributed by atoms with van der Waals surface area (Å²) < 4.78 is 0. The van der Waals surface area contributed by atoms with E-state index in [9.17, 15) is 0 Å². The number of aromatic nitrogens is 2. The maximum atomic E-state index is 4.04. The van der Waals surface area contributed by atoms with E-state index in [2.05, 4.69) is 28.2 Å². The third-order valence-corrected chi connectivity index (χ3v) is 2.91. The molecule has 1 aliphatic rings. The molecule has 1 aromatic heterocycles. The quantitative estimate of drug-likeness (QED) is 0.725. The van der Waals surface area contributed by atoms with Crippen molar-refractivity contribution in [1.82, 2.24) is 9.97 Å². The first kappa shape index (κ1) is 7.80. The maximum absolute atomic E-state index is 4.04. The summed E-state index contributed by atoms with van der Waals surface area (Å²) in [6.07, 6.45) is 7.39. The molecule has 1 aliphatic carbocycles. The molecule has 3 rings (SSSR count). The largest absolute Gasteiger partial charge is 0.345 e. The molecule has 2 nitrogen and oxygen atoms in total. The second-order valence-corrected chi connectivity index (χ2v) is 3.80. The van der Waals surface area contributed by atoms with Crippen LogP contribution in [0.25, 0.3) is 11.3 Å². The number of nitrogens with one attached hydrogen (secondary N) is 1. The normalized spacial score (nSPS) is 14.3. The van der Waals surface area contributed by atoms with Crippen molar-refractivity contribution in [1.29, 1.82) is 0 Å². The fourth-order valence-electron chi connectivity index (χ4n) is 2.15. The van der Waals surface area contributed by atoms with Gasteiger partial charge in [0.05, 0.1) is 18.2 Å². The molecule has 14 heavy (non-hydrogen) atoms. The number of H-pyrrole nitrogens is 1. The monoisotopic (exact) mass is 184 g/mol. The van der Waals surface area contributed by atoms with Gasteiger partial charge in [-0.3, -0.25) is 0 Å². The topological polar surface area (TPSA) is 28.7 Å². The van der Waals surface area contributed by atoms with E-state index in [1.165, 1.54) is 36.0 Å². The SMILES string of the molecule is c1ncc(-c2ccc3c(c2)CCC3)[nH]1. The van der Waals surface area contributed by atoms with Gasteiger partial charge in [-0.25, -0.2) is 4.98 Å². The summed E-state index contributed by atoms with van der Waals surface area (Å²) in [6.45, 7) is 0. The highest BCUT2D eigenvalue weighted by atomic mass is 14.9. The van der Waals surface area contributed by atoms with Crippen LogP contribution in [0.2, 0.25) is 0 Å². The van der Waals surface area contributed by atoms with Crippen molar-refractivity contribution in [2.45, 2.75) is 19.3 Å². The van der Waals surface area contributed by atoms with Crippen molar-refractivity contribution in [2.24, 2.45) is 0 Å². The predicted octanol–water partition coefficient (Wildman–Crippen LogP) is 2.57. The molecule has 2 aromatic rings. The highest BCUT2D eigenvalue weighted by Crippen LogP contribution is 2.26. The van der Waals surface area contributed by atoms with E-state index >= 15 is 0 Å². The molecule has 0 atom stereocenters. The molecule has 0 amide bonds. The molecule has 1 N–H and O–H groups in total. The van der Waals surface area contributed by atoms with Gasteiger partial charge in [-0.1, -0.05) is 12.1 Å². The molecule has 70 valence electrons. The molecule has 0 bridgehead atoms. The van der Waals surface area contributed by atoms with Crippen LogP contribution in [0, 0.1) is 0 Å². The first-order valence-corrected chi connectivity index (χ1v) is 5.04. The summed E-state index contributed by atoms with van der Waals surface area (Å²) in [5, 5.41) is 0. The molecule has 0 fully saturated rings. The highest BCUT2D eigenvalue weighted by molar-refractivity contribution is 5.60. The molecule has 0 saturated heterocycles. The average molecular weight is 184 g/mol. The summed E-state index contributed by atoms with van der Waals surface area (Å²) in [7, 11) is 0. The van der Waals surface area contributed by atoms with Gasteiger partial charge in [0, 0.05) is 0 Å². The number of aryl methyl sites for hydroxylation is 2. The molecule has 0 unspecified atom stereocenters. The van der Waals surface area contributed by atoms with Gasteiger partial charge in [-0.2, -0.15) is 0 Å². The first-order valence-electron chi connectivity index (χ1n) is 5.04. The predicted molar refractivity (Wildman–Crippen MR) is 56.0 cm³/mol. The number of imidazole rings is 1. The van der Waals surface area contributed by atoms with Crippen LogP contribution in [0.5, 0.6) is 0 Å². The van der Waals surface area contributed by atoms with E-state index in [-0.39, 0.29) is 0 Å². The molecule has 0 saturated carbocycles. The minimum absolute atomic E-state index is 1.11. The number of benzene rings is 1. The zero-order chi connectivity index (χ0) is 9.38. The molecule has 2 heteroatoms. The molecule has 0 aliphatic heterocycles. The van der Waals surface area contributed by atoms with Gasteiger partial charge < -0.3 is 4.98 Å². The Morgan fingerprint density at radius 3 is 2.93 bits per heavy atom. The summed E-state index contributed by atoms with van der Waals surface area (Å²) in [6, 6.07) is 6.71. The van der Waals surface area contributed by atoms with E-state index in [0.29, 0.717) is 0 Å². The fourth-order valence-corrected chi connectivity index (χ4v) is 2.15. The van der Waals surface area contributed by atoms with Gasteiger partial charge >= 0.3 is 0 Å². The van der Waals surface area contributed by atoms with Gasteiger partial charge in [0.2, 0.25) is 0 Å². The summed E-state index contributed by atoms with van der Waals surface area (Å²) >= 11 is 0. The number of aromatic amines is 1. The maximum Gasteiger partial charge on any atom is 0.0924 e. The lowest BCUT2D eigenvalue weighted by molar-refractivity contribution is 0.912. The minimum Gasteiger partial charge on any atom is -0.345 e. The van der Waals surface area contributed by atoms with Crippen molar-refractivity contribution < 1.29 is 0 Å². The van der Waals surface area contributed by atoms with Gasteiger partial charge in [-0.05, 0) is 42.0 Å². The van der Waals surface area contributed by atoms with E-state index in [0.717, 1.165) is 5.69 Å². The number of fused-ring (bicyclic) bond motifs is 1. The summed E-state index contributed by atoms with van der Waals surface area (Å²) in [4.78, 5) is 7.17. The number of hydrogen-bond acceptors (Lipinski definition) is 1. The lowest BCUT2D eigenvalue weighted by Crippen LogP contribution is -1.84. The van der Waals surface area contributed by atoms with Crippen LogP contribution in [0.1, 0.15) is 17.5 Å². The lowest BCUT2D eigenvalue weighted by atomic mass is 10.1. The Morgan fingerprint density at radius 1 is 1.14 bits per heavy atom. The van der Waals surface area contributed by atoms with Crippen LogP contribution in [0.3, 0.4) is 0 Å². The van der Waals surface area contributed by atoms with E-state index in [1.54, 1.807) is 6.33 Å². The zero-order valence-electron chi connectivity index (χ0n) is 7.96. The van der Waals surface area contributed by atoms with Crippen LogP contribution < -0.4 is 0 Å². The van der Waals surface area contributed by atoms with Crippen molar-refractivity contribution in [3.05, 3.63) is 41.9 Å². The first-order chi connectivity index (χ1) is 6.93. The Morgan fingerprint density at radius 2 is 2.07 bits per heavy atom. The molecule has 0 spiro atoms. The highest BCUT2D eigenvalue weighted by Gasteiger charge is 2.11. The molecular formula is C12H12N2. The van der Waals surface area contributed by atoms with E-state index < -0.39 is 0 Å². The second kappa shape index (κ2) is 2.98. The van der Waals surface area contributed by atoms with Crippen molar-refractivity contribution in [3.63, 3.8) is 0 Å². The molecule has 1 aromatic carbocycles. The number of rotatable bonds is 1. The average Bonchev–Trinajstić information content (AvgIpc) is 2.88. The Hall–Kier alpha value is -1.57. The van der Waals surface area contributed by atoms with Gasteiger partial charge in [0.1, 0.15) is 0 Å². The van der Waals surface area contributed by atoms with Crippen LogP contribution in [0.15, 0.2) is 30.7 Å². The Balaban J connectivity index is 2.09. The number of nitrogens with zero attached hydrogens (tertiary/aromatic N) is 1. The second-order valence-electron chi connectivity index (χ2n) is 3.80. The third kappa shape index (κ3) is 1.15. The molecular weight excluding hydrogens is 172 g/mol. The summed E-state index contributed by atoms with van der Waals surface area (Å²) in [5.41, 5.74) is 5.40. The third-order valence-electron chi connectivity index (χ3n) is 2.91. The molecule has 0 radical (unpaired) electrons. The van der Waals surface area contributed by atoms with Crippen LogP contribution in [0.4, 0.5) is 0 Å². The Kier molecular flexibility index (Phi) is 1.66. The van der Waals surface area contributed by atoms with Crippen molar-refractivity contribution >= 4 is 0 Å². The van der Waals surface area contributed by atoms with Crippen molar-refractivity contribution in [2.75, 3.05) is 0 Å². The Labute approximate surface area is 83.0 Å². The number of hydrogen-bond donors (Lipinski definition) is 1. The van der Waals surface area contributed by atoms with Gasteiger partial charge in [-0.15, -0.1) is 0 Å². The standard InChI is InChI=1S/C12H12N2/c1-2-9-4-5-11(6-10(9)3-1)12-7-13-8-14-12/h4-8H,1-3H2,(H,13,14). The lowest BCUT2D eigenvalue weighted by Gasteiger charge is -2.02. The van der Waals surface area contributed by atoms with Crippen LogP contribution >= 0.6 is 0 Å². The summed E-state index contributed by atoms with van der Waals surface area (Å²) in [5.74, 6) is 0. The zero-order valence-corrected chi connectivity index (χ0v) is 7.96. The minimum atomic E-state index is 1.11. The molecule has 1 heterocycles. The van der Waals surface area contributed by atoms with Gasteiger partial charge in [0.15, 0.2) is 0 Å². The smallest absolute Gasteiger partial charge is 0.0924 e. The Bertz CT molecular complexity index is 443. The van der Waals surface area contributed by atoms with Crippen LogP contribution in [-0.2, 0) is 12.8 Å². The van der Waals surface area contributed by atoms with E-state index in [4.69, 9.17) is 0 Å². The van der Waals surface area contributed by atoms with Crippen LogP contribution in [-0.4, -0.2) is 9.97 Å². The van der Waals surface area contributed by atoms with Gasteiger partial charge in [0.25, 0.3) is 0 Å². The van der Waals surface area contributed by atoms with E-state index in [1.807, 2.05) is 6.20 Å². The fraction of sp³-hybridized carbons (Fsp3) is 0.250.